The van der Waals surface area contributed by atoms with Gasteiger partial charge in [0.2, 0.25) is 5.91 Å². The van der Waals surface area contributed by atoms with Crippen LogP contribution in [0.3, 0.4) is 0 Å². The number of carbonyl (C=O) groups is 2. The average molecular weight is 587 g/mol. The fourth-order valence-corrected chi connectivity index (χ4v) is 5.79. The second-order valence-electron chi connectivity index (χ2n) is 10.7. The Bertz CT molecular complexity index is 1180. The molecule has 6 nitrogen and oxygen atoms in total. The van der Waals surface area contributed by atoms with Gasteiger partial charge in [-0.3, -0.25) is 4.79 Å². The molecule has 0 aromatic heterocycles. The highest BCUT2D eigenvalue weighted by molar-refractivity contribution is 5.79. The van der Waals surface area contributed by atoms with E-state index in [1.165, 1.54) is 6.92 Å². The molecule has 2 aromatic carbocycles. The number of piperidine rings is 1. The summed E-state index contributed by atoms with van der Waals surface area (Å²) in [6.45, 7) is 2.03. The fourth-order valence-electron chi connectivity index (χ4n) is 5.79. The molecule has 41 heavy (non-hydrogen) atoms. The number of nitrogens with zero attached hydrogens (tertiary/aromatic N) is 1. The molecule has 2 fully saturated rings. The van der Waals surface area contributed by atoms with Crippen LogP contribution in [0.2, 0.25) is 0 Å². The normalized spacial score (nSPS) is 24.5. The van der Waals surface area contributed by atoms with Crippen molar-refractivity contribution in [1.82, 2.24) is 10.2 Å². The maximum Gasteiger partial charge on any atom is 0.416 e. The van der Waals surface area contributed by atoms with Crippen LogP contribution in [0, 0.1) is 5.92 Å². The molecule has 2 aromatic rings. The van der Waals surface area contributed by atoms with Gasteiger partial charge >= 0.3 is 18.4 Å². The molecule has 12 heteroatoms. The zero-order valence-electron chi connectivity index (χ0n) is 22.3. The molecular weight excluding hydrogens is 554 g/mol. The van der Waals surface area contributed by atoms with Gasteiger partial charge in [0.15, 0.2) is 0 Å². The van der Waals surface area contributed by atoms with Crippen LogP contribution in [-0.2, 0) is 21.9 Å². The molecule has 1 aliphatic carbocycles. The quantitative estimate of drug-likeness (QED) is 0.357. The number of likely N-dealkylation sites (tertiary alicyclic amines) is 1. The van der Waals surface area contributed by atoms with Crippen LogP contribution in [-0.4, -0.2) is 47.2 Å². The van der Waals surface area contributed by atoms with Crippen molar-refractivity contribution >= 4 is 12.0 Å². The summed E-state index contributed by atoms with van der Waals surface area (Å²) in [5, 5.41) is 11.4. The summed E-state index contributed by atoms with van der Waals surface area (Å²) in [5.74, 6) is -0.645. The van der Waals surface area contributed by atoms with Gasteiger partial charge in [0.1, 0.15) is 0 Å². The lowest BCUT2D eigenvalue weighted by atomic mass is 9.83. The fraction of sp³-hybridized carbons (Fsp3) is 0.517. The standard InChI is InChI=1S/C29H32F6N2O4/c1-17(20-13-21(28(30,31)32)15-22(14-20)29(33,34)35)41-25-11-12-37(16-24(25)18-5-3-2-4-6-18)26(38)19-7-9-23(10-8-19)36-27(39)40/h2-6,13-15,17,19,23-25,36H,7-12,16H2,1H3,(H,39,40)/t17-,19?,23?,24+,25+/m0/s1. The van der Waals surface area contributed by atoms with Crippen LogP contribution < -0.4 is 5.32 Å². The predicted octanol–water partition coefficient (Wildman–Crippen LogP) is 7.01. The third-order valence-corrected chi connectivity index (χ3v) is 7.95. The third-order valence-electron chi connectivity index (χ3n) is 7.95. The van der Waals surface area contributed by atoms with Gasteiger partial charge in [-0.15, -0.1) is 0 Å². The lowest BCUT2D eigenvalue weighted by molar-refractivity contribution is -0.143. The van der Waals surface area contributed by atoms with Gasteiger partial charge in [0.05, 0.1) is 23.3 Å². The van der Waals surface area contributed by atoms with Gasteiger partial charge in [0.25, 0.3) is 0 Å². The molecule has 2 amide bonds. The van der Waals surface area contributed by atoms with Gasteiger partial charge in [-0.05, 0) is 68.4 Å². The first-order chi connectivity index (χ1) is 19.2. The number of amides is 2. The number of carbonyl (C=O) groups excluding carboxylic acids is 1. The number of alkyl halides is 6. The molecule has 2 aliphatic rings. The van der Waals surface area contributed by atoms with E-state index in [1.807, 2.05) is 30.3 Å². The Morgan fingerprint density at radius 1 is 0.927 bits per heavy atom. The van der Waals surface area contributed by atoms with Crippen molar-refractivity contribution in [2.75, 3.05) is 13.1 Å². The Labute approximate surface area is 233 Å². The zero-order valence-corrected chi connectivity index (χ0v) is 22.3. The number of nitrogens with one attached hydrogen (secondary N) is 1. The van der Waals surface area contributed by atoms with Gasteiger partial charge in [-0.2, -0.15) is 26.3 Å². The molecule has 0 unspecified atom stereocenters. The van der Waals surface area contributed by atoms with Crippen LogP contribution in [0.4, 0.5) is 31.1 Å². The monoisotopic (exact) mass is 586 g/mol. The zero-order chi connectivity index (χ0) is 29.9. The predicted molar refractivity (Wildman–Crippen MR) is 137 cm³/mol. The minimum atomic E-state index is -4.96. The van der Waals surface area contributed by atoms with Crippen molar-refractivity contribution < 1.29 is 45.8 Å². The third kappa shape index (κ3) is 7.72. The second-order valence-corrected chi connectivity index (χ2v) is 10.7. The SMILES string of the molecule is C[C@H](O[C@@H]1CCN(C(=O)C2CCC(NC(=O)O)CC2)C[C@@H]1c1ccccc1)c1cc(C(F)(F)F)cc(C(F)(F)F)c1. The number of rotatable bonds is 6. The molecule has 0 radical (unpaired) electrons. The minimum Gasteiger partial charge on any atom is -0.465 e. The molecule has 1 aliphatic heterocycles. The van der Waals surface area contributed by atoms with Crippen LogP contribution in [0.5, 0.6) is 0 Å². The highest BCUT2D eigenvalue weighted by Crippen LogP contribution is 2.40. The van der Waals surface area contributed by atoms with Crippen molar-refractivity contribution in [2.45, 2.75) is 75.5 Å². The van der Waals surface area contributed by atoms with E-state index in [9.17, 15) is 35.9 Å². The number of ether oxygens (including phenoxy) is 1. The van der Waals surface area contributed by atoms with Crippen molar-refractivity contribution in [3.05, 3.63) is 70.8 Å². The first-order valence-electron chi connectivity index (χ1n) is 13.5. The number of hydrogen-bond donors (Lipinski definition) is 2. The van der Waals surface area contributed by atoms with Crippen molar-refractivity contribution in [3.8, 4) is 0 Å². The minimum absolute atomic E-state index is 0.0427. The summed E-state index contributed by atoms with van der Waals surface area (Å²) in [4.78, 5) is 26.1. The first-order valence-corrected chi connectivity index (χ1v) is 13.5. The highest BCUT2D eigenvalue weighted by atomic mass is 19.4. The summed E-state index contributed by atoms with van der Waals surface area (Å²) in [6.07, 6.45) is -10.1. The lowest BCUT2D eigenvalue weighted by Gasteiger charge is -2.41. The summed E-state index contributed by atoms with van der Waals surface area (Å²) in [5.41, 5.74) is -2.18. The Balaban J connectivity index is 1.51. The summed E-state index contributed by atoms with van der Waals surface area (Å²) in [7, 11) is 0. The molecule has 1 saturated heterocycles. The van der Waals surface area contributed by atoms with E-state index in [4.69, 9.17) is 9.84 Å². The second kappa shape index (κ2) is 12.3. The van der Waals surface area contributed by atoms with Crippen LogP contribution >= 0.6 is 0 Å². The number of carboxylic acid groups (broad SMARTS) is 1. The maximum atomic E-state index is 13.4. The smallest absolute Gasteiger partial charge is 0.416 e. The topological polar surface area (TPSA) is 78.9 Å². The van der Waals surface area contributed by atoms with Gasteiger partial charge < -0.3 is 20.1 Å². The van der Waals surface area contributed by atoms with E-state index in [0.29, 0.717) is 50.8 Å². The largest absolute Gasteiger partial charge is 0.465 e. The van der Waals surface area contributed by atoms with Gasteiger partial charge in [-0.25, -0.2) is 4.79 Å². The van der Waals surface area contributed by atoms with Gasteiger partial charge in [0, 0.05) is 31.0 Å². The lowest BCUT2D eigenvalue weighted by Crippen LogP contribution is -2.49. The molecule has 224 valence electrons. The molecule has 3 atom stereocenters. The van der Waals surface area contributed by atoms with Gasteiger partial charge in [-0.1, -0.05) is 30.3 Å². The molecule has 1 heterocycles. The van der Waals surface area contributed by atoms with Crippen LogP contribution in [0.25, 0.3) is 0 Å². The van der Waals surface area contributed by atoms with E-state index in [-0.39, 0.29) is 42.0 Å². The Morgan fingerprint density at radius 2 is 1.51 bits per heavy atom. The number of halogens is 6. The molecule has 0 spiro atoms. The van der Waals surface area contributed by atoms with Crippen LogP contribution in [0.15, 0.2) is 48.5 Å². The number of hydrogen-bond acceptors (Lipinski definition) is 3. The highest BCUT2D eigenvalue weighted by Gasteiger charge is 2.40. The molecule has 0 bridgehead atoms. The first kappa shape index (κ1) is 30.7. The van der Waals surface area contributed by atoms with E-state index in [0.717, 1.165) is 5.56 Å². The maximum absolute atomic E-state index is 13.4. The number of benzene rings is 2. The average Bonchev–Trinajstić information content (AvgIpc) is 2.92. The van der Waals surface area contributed by atoms with Crippen molar-refractivity contribution in [1.29, 1.82) is 0 Å². The summed E-state index contributed by atoms with van der Waals surface area (Å²) in [6, 6.07) is 10.4. The van der Waals surface area contributed by atoms with E-state index in [1.54, 1.807) is 4.90 Å². The summed E-state index contributed by atoms with van der Waals surface area (Å²) >= 11 is 0. The van der Waals surface area contributed by atoms with E-state index >= 15 is 0 Å². The summed E-state index contributed by atoms with van der Waals surface area (Å²) < 4.78 is 86.7. The Hall–Kier alpha value is -3.28. The van der Waals surface area contributed by atoms with E-state index < -0.39 is 41.8 Å². The van der Waals surface area contributed by atoms with E-state index in [2.05, 4.69) is 5.32 Å². The molecular formula is C29H32F6N2O4. The Morgan fingerprint density at radius 3 is 2.05 bits per heavy atom. The van der Waals surface area contributed by atoms with Crippen molar-refractivity contribution in [2.24, 2.45) is 5.92 Å². The Kier molecular flexibility index (Phi) is 9.20. The van der Waals surface area contributed by atoms with Crippen molar-refractivity contribution in [3.63, 3.8) is 0 Å². The molecule has 1 saturated carbocycles. The molecule has 2 N–H and O–H groups in total. The molecule has 4 rings (SSSR count). The van der Waals surface area contributed by atoms with Crippen LogP contribution in [0.1, 0.15) is 73.3 Å².